The van der Waals surface area contributed by atoms with Gasteiger partial charge in [0.1, 0.15) is 28.9 Å². The maximum Gasteiger partial charge on any atom is 0.245 e. The van der Waals surface area contributed by atoms with E-state index in [9.17, 15) is 12.8 Å². The van der Waals surface area contributed by atoms with Crippen LogP contribution < -0.4 is 0 Å². The highest BCUT2D eigenvalue weighted by atomic mass is 32.2. The predicted molar refractivity (Wildman–Crippen MR) is 61.2 cm³/mol. The van der Waals surface area contributed by atoms with Crippen molar-refractivity contribution in [2.75, 3.05) is 13.1 Å². The van der Waals surface area contributed by atoms with Crippen LogP contribution in [0.4, 0.5) is 4.39 Å². The summed E-state index contributed by atoms with van der Waals surface area (Å²) >= 11 is 0. The first kappa shape index (κ1) is 14.1. The van der Waals surface area contributed by atoms with Gasteiger partial charge in [-0.15, -0.1) is 0 Å². The second-order valence-corrected chi connectivity index (χ2v) is 5.22. The fraction of sp³-hybridized carbons (Fsp3) is 0.273. The monoisotopic (exact) mass is 267 g/mol. The van der Waals surface area contributed by atoms with E-state index >= 15 is 0 Å². The molecule has 0 spiro atoms. The molecule has 0 fully saturated rings. The number of halogens is 1. The van der Waals surface area contributed by atoms with Gasteiger partial charge in [-0.1, -0.05) is 13.0 Å². The molecule has 0 aliphatic rings. The standard InChI is InChI=1S/C11H10FN3O2S/c1-2-15(7-6-13)18(16,17)11-5-3-4-10(12)9(11)8-14/h3-5H,2,7H2,1H3. The Bertz CT molecular complexity index is 629. The summed E-state index contributed by atoms with van der Waals surface area (Å²) in [5.74, 6) is -0.897. The Balaban J connectivity index is 3.43. The van der Waals surface area contributed by atoms with Gasteiger partial charge < -0.3 is 0 Å². The van der Waals surface area contributed by atoms with E-state index in [1.54, 1.807) is 13.0 Å². The topological polar surface area (TPSA) is 85.0 Å². The lowest BCUT2D eigenvalue weighted by Gasteiger charge is -2.17. The summed E-state index contributed by atoms with van der Waals surface area (Å²) < 4.78 is 38.5. The molecule has 0 aliphatic heterocycles. The van der Waals surface area contributed by atoms with E-state index in [2.05, 4.69) is 0 Å². The molecular formula is C11H10FN3O2S. The molecule has 0 heterocycles. The molecule has 1 aromatic carbocycles. The number of hydrogen-bond donors (Lipinski definition) is 0. The molecule has 5 nitrogen and oxygen atoms in total. The molecule has 0 saturated heterocycles. The van der Waals surface area contributed by atoms with Crippen molar-refractivity contribution in [2.45, 2.75) is 11.8 Å². The van der Waals surface area contributed by atoms with Gasteiger partial charge in [0.2, 0.25) is 10.0 Å². The van der Waals surface area contributed by atoms with Gasteiger partial charge in [-0.2, -0.15) is 14.8 Å². The van der Waals surface area contributed by atoms with Crippen LogP contribution >= 0.6 is 0 Å². The summed E-state index contributed by atoms with van der Waals surface area (Å²) in [6, 6.07) is 6.62. The van der Waals surface area contributed by atoms with Crippen LogP contribution in [0.2, 0.25) is 0 Å². The Morgan fingerprint density at radius 2 is 2.06 bits per heavy atom. The first-order valence-electron chi connectivity index (χ1n) is 5.04. The highest BCUT2D eigenvalue weighted by Crippen LogP contribution is 2.21. The second kappa shape index (κ2) is 5.58. The van der Waals surface area contributed by atoms with Crippen molar-refractivity contribution in [1.82, 2.24) is 4.31 Å². The second-order valence-electron chi connectivity index (χ2n) is 3.31. The van der Waals surface area contributed by atoms with Crippen molar-refractivity contribution in [1.29, 1.82) is 10.5 Å². The zero-order valence-electron chi connectivity index (χ0n) is 9.59. The predicted octanol–water partition coefficient (Wildman–Crippen LogP) is 1.23. The first-order chi connectivity index (χ1) is 8.48. The quantitative estimate of drug-likeness (QED) is 0.768. The number of nitrogens with zero attached hydrogens (tertiary/aromatic N) is 3. The average Bonchev–Trinajstić information content (AvgIpc) is 2.35. The zero-order valence-corrected chi connectivity index (χ0v) is 10.4. The van der Waals surface area contributed by atoms with Gasteiger partial charge in [-0.25, -0.2) is 12.8 Å². The lowest BCUT2D eigenvalue weighted by molar-refractivity contribution is 0.461. The van der Waals surface area contributed by atoms with Gasteiger partial charge in [-0.05, 0) is 12.1 Å². The van der Waals surface area contributed by atoms with E-state index in [4.69, 9.17) is 10.5 Å². The van der Waals surface area contributed by atoms with Gasteiger partial charge in [0.25, 0.3) is 0 Å². The van der Waals surface area contributed by atoms with Crippen molar-refractivity contribution in [3.8, 4) is 12.1 Å². The van der Waals surface area contributed by atoms with Crippen molar-refractivity contribution in [2.24, 2.45) is 0 Å². The molecule has 0 unspecified atom stereocenters. The Kier molecular flexibility index (Phi) is 4.38. The summed E-state index contributed by atoms with van der Waals surface area (Å²) in [7, 11) is -4.03. The molecule has 0 radical (unpaired) electrons. The highest BCUT2D eigenvalue weighted by Gasteiger charge is 2.27. The summed E-state index contributed by atoms with van der Waals surface area (Å²) in [4.78, 5) is -0.415. The van der Waals surface area contributed by atoms with Gasteiger partial charge in [0.05, 0.1) is 6.07 Å². The number of nitriles is 2. The third-order valence-corrected chi connectivity index (χ3v) is 4.27. The Hall–Kier alpha value is -1.96. The fourth-order valence-corrected chi connectivity index (χ4v) is 2.91. The minimum absolute atomic E-state index is 0.0667. The largest absolute Gasteiger partial charge is 0.245 e. The van der Waals surface area contributed by atoms with Crippen LogP contribution in [0.1, 0.15) is 12.5 Å². The van der Waals surface area contributed by atoms with Crippen LogP contribution in [-0.2, 0) is 10.0 Å². The highest BCUT2D eigenvalue weighted by molar-refractivity contribution is 7.89. The van der Waals surface area contributed by atoms with E-state index in [-0.39, 0.29) is 13.1 Å². The zero-order chi connectivity index (χ0) is 13.8. The minimum Gasteiger partial charge on any atom is -0.207 e. The molecule has 0 amide bonds. The Morgan fingerprint density at radius 1 is 1.39 bits per heavy atom. The van der Waals surface area contributed by atoms with E-state index in [0.29, 0.717) is 0 Å². The summed E-state index contributed by atoms with van der Waals surface area (Å²) in [6.45, 7) is 1.28. The average molecular weight is 267 g/mol. The molecule has 0 saturated carbocycles. The van der Waals surface area contributed by atoms with Gasteiger partial charge in [0.15, 0.2) is 0 Å². The van der Waals surface area contributed by atoms with E-state index in [0.717, 1.165) is 16.4 Å². The summed E-state index contributed by atoms with van der Waals surface area (Å²) in [5, 5.41) is 17.4. The fourth-order valence-electron chi connectivity index (χ4n) is 1.41. The molecule has 0 N–H and O–H groups in total. The van der Waals surface area contributed by atoms with E-state index < -0.39 is 26.3 Å². The normalized spacial score (nSPS) is 10.9. The molecule has 0 aromatic heterocycles. The van der Waals surface area contributed by atoms with Crippen LogP contribution in [0.5, 0.6) is 0 Å². The Morgan fingerprint density at radius 3 is 2.56 bits per heavy atom. The number of rotatable bonds is 4. The van der Waals surface area contributed by atoms with Crippen molar-refractivity contribution in [3.05, 3.63) is 29.6 Å². The number of sulfonamides is 1. The molecule has 0 aliphatic carbocycles. The number of benzene rings is 1. The maximum absolute atomic E-state index is 13.4. The molecule has 7 heteroatoms. The first-order valence-corrected chi connectivity index (χ1v) is 6.48. The number of hydrogen-bond acceptors (Lipinski definition) is 4. The molecule has 0 atom stereocenters. The van der Waals surface area contributed by atoms with Crippen LogP contribution in [0.3, 0.4) is 0 Å². The summed E-state index contributed by atoms with van der Waals surface area (Å²) in [5.41, 5.74) is -0.533. The lowest BCUT2D eigenvalue weighted by Crippen LogP contribution is -2.31. The van der Waals surface area contributed by atoms with E-state index in [1.807, 2.05) is 0 Å². The van der Waals surface area contributed by atoms with Gasteiger partial charge >= 0.3 is 0 Å². The van der Waals surface area contributed by atoms with Crippen molar-refractivity contribution in [3.63, 3.8) is 0 Å². The molecule has 0 bridgehead atoms. The Labute approximate surface area is 105 Å². The maximum atomic E-state index is 13.4. The van der Waals surface area contributed by atoms with Gasteiger partial charge in [0, 0.05) is 6.54 Å². The molecule has 94 valence electrons. The lowest BCUT2D eigenvalue weighted by atomic mass is 10.2. The van der Waals surface area contributed by atoms with Gasteiger partial charge in [-0.3, -0.25) is 0 Å². The van der Waals surface area contributed by atoms with Crippen LogP contribution in [0.25, 0.3) is 0 Å². The summed E-state index contributed by atoms with van der Waals surface area (Å²) in [6.07, 6.45) is 0. The van der Waals surface area contributed by atoms with Crippen molar-refractivity contribution < 1.29 is 12.8 Å². The van der Waals surface area contributed by atoms with Crippen LogP contribution in [0, 0.1) is 28.5 Å². The minimum atomic E-state index is -4.03. The van der Waals surface area contributed by atoms with Crippen molar-refractivity contribution >= 4 is 10.0 Å². The smallest absolute Gasteiger partial charge is 0.207 e. The molecule has 18 heavy (non-hydrogen) atoms. The third-order valence-electron chi connectivity index (χ3n) is 2.30. The van der Waals surface area contributed by atoms with Crippen LogP contribution in [-0.4, -0.2) is 25.8 Å². The molecule has 1 rings (SSSR count). The SMILES string of the molecule is CCN(CC#N)S(=O)(=O)c1cccc(F)c1C#N. The van der Waals surface area contributed by atoms with E-state index in [1.165, 1.54) is 12.1 Å². The van der Waals surface area contributed by atoms with Crippen LogP contribution in [0.15, 0.2) is 23.1 Å². The molecular weight excluding hydrogens is 257 g/mol. The molecule has 1 aromatic rings. The third kappa shape index (κ3) is 2.48.